The van der Waals surface area contributed by atoms with Gasteiger partial charge in [-0.25, -0.2) is 4.99 Å². The van der Waals surface area contributed by atoms with E-state index in [4.69, 9.17) is 18.9 Å². The minimum Gasteiger partial charge on any atom is -0.477 e. The van der Waals surface area contributed by atoms with Crippen LogP contribution < -0.4 is 0 Å². The quantitative estimate of drug-likeness (QED) is 0.501. The zero-order valence-corrected chi connectivity index (χ0v) is 12.6. The van der Waals surface area contributed by atoms with Gasteiger partial charge in [-0.3, -0.25) is 0 Å². The van der Waals surface area contributed by atoms with Gasteiger partial charge in [0.05, 0.1) is 11.6 Å². The van der Waals surface area contributed by atoms with Crippen LogP contribution in [-0.2, 0) is 18.9 Å². The van der Waals surface area contributed by atoms with E-state index in [2.05, 4.69) is 11.6 Å². The molecule has 0 fully saturated rings. The van der Waals surface area contributed by atoms with Gasteiger partial charge in [-0.2, -0.15) is 0 Å². The lowest BCUT2D eigenvalue weighted by molar-refractivity contribution is -0.140. The van der Waals surface area contributed by atoms with Gasteiger partial charge >= 0.3 is 0 Å². The summed E-state index contributed by atoms with van der Waals surface area (Å²) in [5, 5.41) is 0. The predicted molar refractivity (Wildman–Crippen MR) is 74.4 cm³/mol. The smallest absolute Gasteiger partial charge is 0.210 e. The van der Waals surface area contributed by atoms with Crippen LogP contribution in [0, 0.1) is 0 Å². The lowest BCUT2D eigenvalue weighted by Crippen LogP contribution is -2.41. The standard InChI is InChI=1S/C14H25NO4/c1-7-14(5,11(2)18-10-16-6)19-8-12-15-13(3,4)9-17-12/h7,11H,1,8-10H2,2-6H3/t11-,14+/m0/s1. The predicted octanol–water partition coefficient (Wildman–Crippen LogP) is 2.16. The molecule has 1 heterocycles. The first-order chi connectivity index (χ1) is 8.83. The summed E-state index contributed by atoms with van der Waals surface area (Å²) in [4.78, 5) is 4.45. The van der Waals surface area contributed by atoms with Crippen LogP contribution in [0.2, 0.25) is 0 Å². The Morgan fingerprint density at radius 2 is 2.26 bits per heavy atom. The maximum atomic E-state index is 5.86. The maximum absolute atomic E-state index is 5.86. The first-order valence-electron chi connectivity index (χ1n) is 6.42. The van der Waals surface area contributed by atoms with Crippen molar-refractivity contribution in [2.75, 3.05) is 27.1 Å². The van der Waals surface area contributed by atoms with E-state index in [1.165, 1.54) is 0 Å². The highest BCUT2D eigenvalue weighted by atomic mass is 16.7. The molecule has 0 aromatic carbocycles. The molecule has 0 aliphatic carbocycles. The Balaban J connectivity index is 2.54. The number of hydrogen-bond donors (Lipinski definition) is 0. The molecule has 0 amide bonds. The highest BCUT2D eigenvalue weighted by Gasteiger charge is 2.32. The molecule has 5 nitrogen and oxygen atoms in total. The van der Waals surface area contributed by atoms with E-state index < -0.39 is 5.60 Å². The van der Waals surface area contributed by atoms with Gasteiger partial charge in [0.25, 0.3) is 0 Å². The van der Waals surface area contributed by atoms with E-state index >= 15 is 0 Å². The van der Waals surface area contributed by atoms with Gasteiger partial charge in [0, 0.05) is 7.11 Å². The van der Waals surface area contributed by atoms with Gasteiger partial charge < -0.3 is 18.9 Å². The summed E-state index contributed by atoms with van der Waals surface area (Å²) in [6.07, 6.45) is 1.55. The fourth-order valence-electron chi connectivity index (χ4n) is 1.63. The molecular weight excluding hydrogens is 246 g/mol. The van der Waals surface area contributed by atoms with Crippen molar-refractivity contribution in [3.63, 3.8) is 0 Å². The number of rotatable bonds is 8. The SMILES string of the molecule is C=C[C@@](C)(OCC1=NC(C)(C)CO1)[C@H](C)OCOC. The van der Waals surface area contributed by atoms with E-state index in [1.807, 2.05) is 27.7 Å². The average Bonchev–Trinajstić information content (AvgIpc) is 2.72. The Bertz CT molecular complexity index is 340. The van der Waals surface area contributed by atoms with E-state index in [0.717, 1.165) is 0 Å². The molecule has 0 spiro atoms. The summed E-state index contributed by atoms with van der Waals surface area (Å²) in [6, 6.07) is 0. The van der Waals surface area contributed by atoms with Crippen LogP contribution in [0.15, 0.2) is 17.6 Å². The van der Waals surface area contributed by atoms with Crippen LogP contribution in [0.25, 0.3) is 0 Å². The number of nitrogens with zero attached hydrogens (tertiary/aromatic N) is 1. The Morgan fingerprint density at radius 1 is 1.58 bits per heavy atom. The van der Waals surface area contributed by atoms with Crippen molar-refractivity contribution in [3.8, 4) is 0 Å². The van der Waals surface area contributed by atoms with Crippen molar-refractivity contribution in [1.29, 1.82) is 0 Å². The van der Waals surface area contributed by atoms with Gasteiger partial charge in [0.2, 0.25) is 5.90 Å². The van der Waals surface area contributed by atoms with Crippen LogP contribution >= 0.6 is 0 Å². The van der Waals surface area contributed by atoms with E-state index in [0.29, 0.717) is 19.1 Å². The second-order valence-electron chi connectivity index (χ2n) is 5.50. The molecule has 2 atom stereocenters. The zero-order chi connectivity index (χ0) is 14.5. The zero-order valence-electron chi connectivity index (χ0n) is 12.6. The summed E-state index contributed by atoms with van der Waals surface area (Å²) >= 11 is 0. The molecule has 0 saturated heterocycles. The van der Waals surface area contributed by atoms with Crippen LogP contribution in [-0.4, -0.2) is 50.3 Å². The highest BCUT2D eigenvalue weighted by molar-refractivity contribution is 5.79. The third-order valence-corrected chi connectivity index (χ3v) is 3.17. The number of ether oxygens (including phenoxy) is 4. The van der Waals surface area contributed by atoms with Crippen molar-refractivity contribution in [2.24, 2.45) is 4.99 Å². The van der Waals surface area contributed by atoms with Crippen molar-refractivity contribution in [1.82, 2.24) is 0 Å². The summed E-state index contributed by atoms with van der Waals surface area (Å²) in [5.74, 6) is 0.622. The van der Waals surface area contributed by atoms with Gasteiger partial charge in [-0.05, 0) is 27.7 Å². The number of hydrogen-bond acceptors (Lipinski definition) is 5. The monoisotopic (exact) mass is 271 g/mol. The molecule has 110 valence electrons. The second-order valence-corrected chi connectivity index (χ2v) is 5.50. The second kappa shape index (κ2) is 6.50. The van der Waals surface area contributed by atoms with Crippen LogP contribution in [0.5, 0.6) is 0 Å². The molecule has 0 saturated carbocycles. The number of methoxy groups -OCH3 is 1. The molecule has 5 heteroatoms. The fraction of sp³-hybridized carbons (Fsp3) is 0.786. The van der Waals surface area contributed by atoms with Gasteiger partial charge in [-0.15, -0.1) is 6.58 Å². The lowest BCUT2D eigenvalue weighted by atomic mass is 10.0. The fourth-order valence-corrected chi connectivity index (χ4v) is 1.63. The third-order valence-electron chi connectivity index (χ3n) is 3.17. The molecule has 0 unspecified atom stereocenters. The molecule has 0 radical (unpaired) electrons. The Labute approximate surface area is 115 Å². The Kier molecular flexibility index (Phi) is 5.52. The topological polar surface area (TPSA) is 49.3 Å². The summed E-state index contributed by atoms with van der Waals surface area (Å²) < 4.78 is 21.8. The van der Waals surface area contributed by atoms with Crippen molar-refractivity contribution >= 4 is 5.90 Å². The maximum Gasteiger partial charge on any atom is 0.210 e. The van der Waals surface area contributed by atoms with Crippen molar-refractivity contribution in [3.05, 3.63) is 12.7 Å². The first-order valence-corrected chi connectivity index (χ1v) is 6.42. The lowest BCUT2D eigenvalue weighted by Gasteiger charge is -2.32. The number of aliphatic imine (C=N–C) groups is 1. The summed E-state index contributed by atoms with van der Waals surface area (Å²) in [5.41, 5.74) is -0.779. The van der Waals surface area contributed by atoms with E-state index in [9.17, 15) is 0 Å². The molecule has 0 aromatic heterocycles. The normalized spacial score (nSPS) is 22.3. The summed E-state index contributed by atoms with van der Waals surface area (Å²) in [7, 11) is 1.59. The van der Waals surface area contributed by atoms with Crippen molar-refractivity contribution < 1.29 is 18.9 Å². The van der Waals surface area contributed by atoms with Gasteiger partial charge in [0.15, 0.2) is 0 Å². The van der Waals surface area contributed by atoms with Crippen LogP contribution in [0.3, 0.4) is 0 Å². The minimum absolute atomic E-state index is 0.165. The molecule has 0 bridgehead atoms. The first kappa shape index (κ1) is 16.1. The van der Waals surface area contributed by atoms with Crippen LogP contribution in [0.1, 0.15) is 27.7 Å². The van der Waals surface area contributed by atoms with Crippen molar-refractivity contribution in [2.45, 2.75) is 44.9 Å². The Hall–Kier alpha value is -0.910. The molecule has 1 rings (SSSR count). The van der Waals surface area contributed by atoms with E-state index in [-0.39, 0.29) is 18.4 Å². The highest BCUT2D eigenvalue weighted by Crippen LogP contribution is 2.22. The molecule has 0 N–H and O–H groups in total. The molecular formula is C14H25NO4. The molecule has 1 aliphatic rings. The molecule has 0 aromatic rings. The van der Waals surface area contributed by atoms with Gasteiger partial charge in [-0.1, -0.05) is 6.08 Å². The van der Waals surface area contributed by atoms with Gasteiger partial charge in [0.1, 0.15) is 25.6 Å². The van der Waals surface area contributed by atoms with E-state index in [1.54, 1.807) is 13.2 Å². The van der Waals surface area contributed by atoms with Crippen LogP contribution in [0.4, 0.5) is 0 Å². The summed E-state index contributed by atoms with van der Waals surface area (Å²) in [6.45, 7) is 12.8. The average molecular weight is 271 g/mol. The minimum atomic E-state index is -0.614. The molecule has 1 aliphatic heterocycles. The molecule has 19 heavy (non-hydrogen) atoms. The largest absolute Gasteiger partial charge is 0.477 e. The Morgan fingerprint density at radius 3 is 2.74 bits per heavy atom. The third kappa shape index (κ3) is 4.60.